The lowest BCUT2D eigenvalue weighted by Crippen LogP contribution is -2.14. The Morgan fingerprint density at radius 2 is 2.11 bits per heavy atom. The number of carbonyl (C=O) groups excluding carboxylic acids is 2. The molecule has 0 N–H and O–H groups in total. The molecule has 0 aliphatic rings. The van der Waals surface area contributed by atoms with Gasteiger partial charge in [-0.05, 0) is 13.3 Å². The van der Waals surface area contributed by atoms with E-state index in [1.165, 1.54) is 17.1 Å². The fourth-order valence-corrected chi connectivity index (χ4v) is 1.28. The molecule has 0 fully saturated rings. The number of unbranched alkanes of at least 4 members (excludes halogenated alkanes) is 1. The zero-order valence-electron chi connectivity index (χ0n) is 10.7. The molecule has 0 unspecified atom stereocenters. The standard InChI is InChI=1S/C12H18N2O4/c1-3-5-6-18-11(15)9-14-8-10(7-13-14)12(16)17-4-2/h7-8H,3-6,9H2,1-2H3. The minimum absolute atomic E-state index is 0.00309. The molecule has 1 rings (SSSR count). The Morgan fingerprint density at radius 3 is 2.78 bits per heavy atom. The van der Waals surface area contributed by atoms with E-state index in [9.17, 15) is 9.59 Å². The molecule has 0 saturated heterocycles. The molecular formula is C12H18N2O4. The van der Waals surface area contributed by atoms with E-state index in [1.807, 2.05) is 6.92 Å². The first kappa shape index (κ1) is 14.2. The van der Waals surface area contributed by atoms with Gasteiger partial charge in [-0.3, -0.25) is 9.48 Å². The van der Waals surface area contributed by atoms with Crippen LogP contribution in [0.2, 0.25) is 0 Å². The average molecular weight is 254 g/mol. The summed E-state index contributed by atoms with van der Waals surface area (Å²) >= 11 is 0. The van der Waals surface area contributed by atoms with Gasteiger partial charge in [0, 0.05) is 6.20 Å². The Bertz CT molecular complexity index is 401. The van der Waals surface area contributed by atoms with Crippen LogP contribution in [0.15, 0.2) is 12.4 Å². The molecule has 1 aromatic heterocycles. The summed E-state index contributed by atoms with van der Waals surface area (Å²) in [7, 11) is 0. The monoisotopic (exact) mass is 254 g/mol. The van der Waals surface area contributed by atoms with Crippen molar-refractivity contribution in [3.05, 3.63) is 18.0 Å². The summed E-state index contributed by atoms with van der Waals surface area (Å²) in [6.07, 6.45) is 4.66. The highest BCUT2D eigenvalue weighted by molar-refractivity contribution is 5.88. The van der Waals surface area contributed by atoms with Crippen molar-refractivity contribution in [1.29, 1.82) is 0 Å². The van der Waals surface area contributed by atoms with Crippen LogP contribution in [0.3, 0.4) is 0 Å². The minimum atomic E-state index is -0.442. The highest BCUT2D eigenvalue weighted by Gasteiger charge is 2.11. The Balaban J connectivity index is 2.43. The molecule has 1 aromatic rings. The third kappa shape index (κ3) is 4.57. The van der Waals surface area contributed by atoms with Gasteiger partial charge >= 0.3 is 11.9 Å². The number of aromatic nitrogens is 2. The number of ether oxygens (including phenoxy) is 2. The van der Waals surface area contributed by atoms with Crippen LogP contribution in [0.1, 0.15) is 37.0 Å². The smallest absolute Gasteiger partial charge is 0.341 e. The maximum atomic E-state index is 11.4. The van der Waals surface area contributed by atoms with Gasteiger partial charge in [-0.15, -0.1) is 0 Å². The van der Waals surface area contributed by atoms with Gasteiger partial charge in [0.1, 0.15) is 6.54 Å². The van der Waals surface area contributed by atoms with Crippen molar-refractivity contribution in [3.8, 4) is 0 Å². The second kappa shape index (κ2) is 7.47. The first-order valence-corrected chi connectivity index (χ1v) is 6.02. The first-order valence-electron chi connectivity index (χ1n) is 6.02. The lowest BCUT2D eigenvalue weighted by atomic mass is 10.4. The molecule has 0 aliphatic heterocycles. The number of hydrogen-bond acceptors (Lipinski definition) is 5. The van der Waals surface area contributed by atoms with Crippen LogP contribution in [-0.2, 0) is 20.8 Å². The second-order valence-electron chi connectivity index (χ2n) is 3.72. The van der Waals surface area contributed by atoms with Crippen LogP contribution in [0, 0.1) is 0 Å². The van der Waals surface area contributed by atoms with Gasteiger partial charge in [-0.2, -0.15) is 5.10 Å². The van der Waals surface area contributed by atoms with Gasteiger partial charge in [-0.25, -0.2) is 4.79 Å². The predicted octanol–water partition coefficient (Wildman–Crippen LogP) is 1.40. The average Bonchev–Trinajstić information content (AvgIpc) is 2.78. The molecule has 0 amide bonds. The Labute approximate surface area is 106 Å². The van der Waals surface area contributed by atoms with Crippen molar-refractivity contribution in [2.24, 2.45) is 0 Å². The van der Waals surface area contributed by atoms with Crippen molar-refractivity contribution in [3.63, 3.8) is 0 Å². The zero-order chi connectivity index (χ0) is 13.4. The Morgan fingerprint density at radius 1 is 1.33 bits per heavy atom. The van der Waals surface area contributed by atoms with Crippen molar-refractivity contribution >= 4 is 11.9 Å². The lowest BCUT2D eigenvalue weighted by Gasteiger charge is -2.03. The molecule has 0 saturated carbocycles. The number of rotatable bonds is 7. The Kier molecular flexibility index (Phi) is 5.90. The lowest BCUT2D eigenvalue weighted by molar-refractivity contribution is -0.144. The SMILES string of the molecule is CCCCOC(=O)Cn1cc(C(=O)OCC)cn1. The van der Waals surface area contributed by atoms with E-state index in [1.54, 1.807) is 6.92 Å². The molecule has 1 heterocycles. The van der Waals surface area contributed by atoms with E-state index in [2.05, 4.69) is 5.10 Å². The van der Waals surface area contributed by atoms with Gasteiger partial charge in [-0.1, -0.05) is 13.3 Å². The quantitative estimate of drug-likeness (QED) is 0.543. The predicted molar refractivity (Wildman–Crippen MR) is 64.1 cm³/mol. The van der Waals surface area contributed by atoms with Crippen LogP contribution in [0.5, 0.6) is 0 Å². The largest absolute Gasteiger partial charge is 0.464 e. The van der Waals surface area contributed by atoms with Crippen molar-refractivity contribution in [2.45, 2.75) is 33.2 Å². The molecule has 6 nitrogen and oxygen atoms in total. The topological polar surface area (TPSA) is 70.4 Å². The molecular weight excluding hydrogens is 236 g/mol. The van der Waals surface area contributed by atoms with Crippen LogP contribution < -0.4 is 0 Å². The van der Waals surface area contributed by atoms with Crippen LogP contribution in [-0.4, -0.2) is 34.9 Å². The summed E-state index contributed by atoms with van der Waals surface area (Å²) in [4.78, 5) is 22.8. The molecule has 6 heteroatoms. The molecule has 100 valence electrons. The number of hydrogen-bond donors (Lipinski definition) is 0. The summed E-state index contributed by atoms with van der Waals surface area (Å²) in [5.41, 5.74) is 0.332. The van der Waals surface area contributed by atoms with E-state index in [0.717, 1.165) is 12.8 Å². The Hall–Kier alpha value is -1.85. The molecule has 0 aliphatic carbocycles. The molecule has 0 radical (unpaired) electrons. The summed E-state index contributed by atoms with van der Waals surface area (Å²) in [5.74, 6) is -0.801. The highest BCUT2D eigenvalue weighted by atomic mass is 16.5. The van der Waals surface area contributed by atoms with Gasteiger partial charge < -0.3 is 9.47 Å². The summed E-state index contributed by atoms with van der Waals surface area (Å²) in [6, 6.07) is 0. The first-order chi connectivity index (χ1) is 8.67. The fraction of sp³-hybridized carbons (Fsp3) is 0.583. The van der Waals surface area contributed by atoms with Crippen LogP contribution in [0.25, 0.3) is 0 Å². The normalized spacial score (nSPS) is 10.1. The van der Waals surface area contributed by atoms with Crippen LogP contribution in [0.4, 0.5) is 0 Å². The van der Waals surface area contributed by atoms with E-state index >= 15 is 0 Å². The molecule has 0 bridgehead atoms. The van der Waals surface area contributed by atoms with E-state index in [0.29, 0.717) is 18.8 Å². The van der Waals surface area contributed by atoms with Gasteiger partial charge in [0.15, 0.2) is 0 Å². The zero-order valence-corrected chi connectivity index (χ0v) is 10.7. The number of carbonyl (C=O) groups is 2. The third-order valence-corrected chi connectivity index (χ3v) is 2.20. The molecule has 0 atom stereocenters. The summed E-state index contributed by atoms with van der Waals surface area (Å²) < 4.78 is 11.2. The number of nitrogens with zero attached hydrogens (tertiary/aromatic N) is 2. The van der Waals surface area contributed by atoms with E-state index in [4.69, 9.17) is 9.47 Å². The minimum Gasteiger partial charge on any atom is -0.464 e. The highest BCUT2D eigenvalue weighted by Crippen LogP contribution is 2.01. The van der Waals surface area contributed by atoms with E-state index in [-0.39, 0.29) is 12.5 Å². The van der Waals surface area contributed by atoms with Gasteiger partial charge in [0.2, 0.25) is 0 Å². The maximum Gasteiger partial charge on any atom is 0.341 e. The number of esters is 2. The van der Waals surface area contributed by atoms with Crippen molar-refractivity contribution in [2.75, 3.05) is 13.2 Å². The summed E-state index contributed by atoms with van der Waals surface area (Å²) in [6.45, 7) is 4.48. The molecule has 0 aromatic carbocycles. The fourth-order valence-electron chi connectivity index (χ4n) is 1.28. The second-order valence-corrected chi connectivity index (χ2v) is 3.72. The van der Waals surface area contributed by atoms with Gasteiger partial charge in [0.25, 0.3) is 0 Å². The van der Waals surface area contributed by atoms with Crippen molar-refractivity contribution in [1.82, 2.24) is 9.78 Å². The summed E-state index contributed by atoms with van der Waals surface area (Å²) in [5, 5.41) is 3.90. The van der Waals surface area contributed by atoms with Crippen LogP contribution >= 0.6 is 0 Å². The molecule has 0 spiro atoms. The maximum absolute atomic E-state index is 11.4. The van der Waals surface area contributed by atoms with Crippen molar-refractivity contribution < 1.29 is 19.1 Å². The molecule has 18 heavy (non-hydrogen) atoms. The van der Waals surface area contributed by atoms with E-state index < -0.39 is 5.97 Å². The van der Waals surface area contributed by atoms with Gasteiger partial charge in [0.05, 0.1) is 25.0 Å². The third-order valence-electron chi connectivity index (χ3n) is 2.20.